The van der Waals surface area contributed by atoms with Crippen molar-refractivity contribution in [1.29, 1.82) is 0 Å². The number of nitrogens with one attached hydrogen (secondary N) is 1. The Morgan fingerprint density at radius 1 is 1.16 bits per heavy atom. The average Bonchev–Trinajstić information content (AvgIpc) is 2.41. The van der Waals surface area contributed by atoms with Gasteiger partial charge in [-0.1, -0.05) is 35.9 Å². The first-order valence-corrected chi connectivity index (χ1v) is 6.02. The largest absolute Gasteiger partial charge is 0.323 e. The summed E-state index contributed by atoms with van der Waals surface area (Å²) in [5, 5.41) is 2.74. The smallest absolute Gasteiger partial charge is 0.248 e. The number of carbonyl (C=O) groups excluding carboxylic acids is 1. The molecule has 0 fully saturated rings. The van der Waals surface area contributed by atoms with Crippen molar-refractivity contribution in [2.24, 2.45) is 0 Å². The molecule has 0 aromatic heterocycles. The number of carbonyl (C=O) groups is 1. The lowest BCUT2D eigenvalue weighted by atomic mass is 10.2. The van der Waals surface area contributed by atoms with E-state index < -0.39 is 5.82 Å². The van der Waals surface area contributed by atoms with Crippen molar-refractivity contribution < 1.29 is 9.18 Å². The van der Waals surface area contributed by atoms with Gasteiger partial charge >= 0.3 is 0 Å². The lowest BCUT2D eigenvalue weighted by Gasteiger charge is -2.01. The van der Waals surface area contributed by atoms with E-state index in [1.165, 1.54) is 18.2 Å². The van der Waals surface area contributed by atoms with Crippen molar-refractivity contribution in [3.8, 4) is 0 Å². The fourth-order valence-corrected chi connectivity index (χ4v) is 1.68. The van der Waals surface area contributed by atoms with Crippen LogP contribution in [-0.4, -0.2) is 5.91 Å². The van der Waals surface area contributed by atoms with E-state index in [2.05, 4.69) is 5.32 Å². The number of rotatable bonds is 3. The quantitative estimate of drug-likeness (QED) is 0.839. The Hall–Kier alpha value is -2.13. The minimum atomic E-state index is -0.479. The molecule has 0 spiro atoms. The summed E-state index contributed by atoms with van der Waals surface area (Å²) >= 11 is 5.65. The first kappa shape index (κ1) is 13.3. The molecule has 0 saturated heterocycles. The zero-order chi connectivity index (χ0) is 13.7. The molecule has 0 aliphatic heterocycles. The van der Waals surface area contributed by atoms with Crippen LogP contribution in [0.3, 0.4) is 0 Å². The van der Waals surface area contributed by atoms with Gasteiger partial charge in [-0.15, -0.1) is 0 Å². The van der Waals surface area contributed by atoms with Crippen molar-refractivity contribution in [2.45, 2.75) is 0 Å². The van der Waals surface area contributed by atoms with E-state index in [9.17, 15) is 9.18 Å². The molecule has 96 valence electrons. The third-order valence-corrected chi connectivity index (χ3v) is 2.70. The molecule has 0 bridgehead atoms. The van der Waals surface area contributed by atoms with Gasteiger partial charge in [-0.05, 0) is 35.9 Å². The van der Waals surface area contributed by atoms with Crippen molar-refractivity contribution in [2.75, 3.05) is 5.32 Å². The Morgan fingerprint density at radius 2 is 1.89 bits per heavy atom. The van der Waals surface area contributed by atoms with Crippen LogP contribution < -0.4 is 5.32 Å². The molecule has 0 atom stereocenters. The highest BCUT2D eigenvalue weighted by Crippen LogP contribution is 2.16. The Morgan fingerprint density at radius 3 is 2.58 bits per heavy atom. The van der Waals surface area contributed by atoms with Gasteiger partial charge in [0.2, 0.25) is 5.91 Å². The molecule has 1 N–H and O–H groups in total. The van der Waals surface area contributed by atoms with Crippen LogP contribution >= 0.6 is 11.6 Å². The first-order chi connectivity index (χ1) is 9.15. The van der Waals surface area contributed by atoms with Crippen molar-refractivity contribution in [1.82, 2.24) is 0 Å². The normalized spacial score (nSPS) is 10.6. The molecule has 2 rings (SSSR count). The maximum Gasteiger partial charge on any atom is 0.248 e. The molecule has 2 aromatic carbocycles. The Labute approximate surface area is 115 Å². The van der Waals surface area contributed by atoms with Crippen molar-refractivity contribution in [3.05, 3.63) is 71.0 Å². The summed E-state index contributed by atoms with van der Waals surface area (Å²) in [6.45, 7) is 0. The molecule has 0 heterocycles. The number of halogens is 2. The predicted molar refractivity (Wildman–Crippen MR) is 75.5 cm³/mol. The fourth-order valence-electron chi connectivity index (χ4n) is 1.49. The van der Waals surface area contributed by atoms with Crippen LogP contribution in [0.25, 0.3) is 6.08 Å². The SMILES string of the molecule is O=C(/C=C\c1ccc(F)c(Cl)c1)Nc1ccccc1. The van der Waals surface area contributed by atoms with Crippen molar-refractivity contribution >= 4 is 29.3 Å². The zero-order valence-corrected chi connectivity index (χ0v) is 10.7. The minimum absolute atomic E-state index is 0.0330. The average molecular weight is 276 g/mol. The van der Waals surface area contributed by atoms with Crippen LogP contribution in [0.4, 0.5) is 10.1 Å². The molecule has 0 aliphatic carbocycles. The predicted octanol–water partition coefficient (Wildman–Crippen LogP) is 4.13. The maximum atomic E-state index is 12.9. The van der Waals surface area contributed by atoms with Gasteiger partial charge in [0.05, 0.1) is 5.02 Å². The van der Waals surface area contributed by atoms with E-state index in [1.807, 2.05) is 18.2 Å². The van der Waals surface area contributed by atoms with Gasteiger partial charge in [0.25, 0.3) is 0 Å². The lowest BCUT2D eigenvalue weighted by Crippen LogP contribution is -2.07. The summed E-state index contributed by atoms with van der Waals surface area (Å²) in [6.07, 6.45) is 2.94. The van der Waals surface area contributed by atoms with Crippen LogP contribution in [0.15, 0.2) is 54.6 Å². The van der Waals surface area contributed by atoms with Gasteiger partial charge in [-0.2, -0.15) is 0 Å². The van der Waals surface area contributed by atoms with Gasteiger partial charge in [0.1, 0.15) is 5.82 Å². The van der Waals surface area contributed by atoms with Crippen LogP contribution in [0.2, 0.25) is 5.02 Å². The molecule has 2 aromatic rings. The third kappa shape index (κ3) is 3.93. The van der Waals surface area contributed by atoms with Crippen molar-refractivity contribution in [3.63, 3.8) is 0 Å². The molecule has 0 unspecified atom stereocenters. The number of benzene rings is 2. The van der Waals surface area contributed by atoms with Gasteiger partial charge in [-0.3, -0.25) is 4.79 Å². The Balaban J connectivity index is 2.02. The Kier molecular flexibility index (Phi) is 4.31. The van der Waals surface area contributed by atoms with E-state index in [0.29, 0.717) is 11.3 Å². The second-order valence-corrected chi connectivity index (χ2v) is 4.27. The zero-order valence-electron chi connectivity index (χ0n) is 9.94. The topological polar surface area (TPSA) is 29.1 Å². The van der Waals surface area contributed by atoms with Gasteiger partial charge < -0.3 is 5.32 Å². The minimum Gasteiger partial charge on any atom is -0.323 e. The summed E-state index contributed by atoms with van der Waals surface area (Å²) in [5.41, 5.74) is 1.38. The molecule has 1 amide bonds. The fraction of sp³-hybridized carbons (Fsp3) is 0. The molecule has 0 saturated carbocycles. The summed E-state index contributed by atoms with van der Waals surface area (Å²) in [5.74, 6) is -0.737. The van der Waals surface area contributed by atoms with E-state index in [1.54, 1.807) is 24.3 Å². The number of amides is 1. The highest BCUT2D eigenvalue weighted by atomic mass is 35.5. The first-order valence-electron chi connectivity index (χ1n) is 5.64. The van der Waals surface area contributed by atoms with Gasteiger partial charge in [0, 0.05) is 11.8 Å². The molecular weight excluding hydrogens is 265 g/mol. The summed E-state index contributed by atoms with van der Waals surface area (Å²) < 4.78 is 12.9. The van der Waals surface area contributed by atoms with Crippen LogP contribution in [0.1, 0.15) is 5.56 Å². The second kappa shape index (κ2) is 6.16. The number of para-hydroxylation sites is 1. The van der Waals surface area contributed by atoms with E-state index >= 15 is 0 Å². The number of hydrogen-bond acceptors (Lipinski definition) is 1. The van der Waals surface area contributed by atoms with E-state index in [4.69, 9.17) is 11.6 Å². The highest BCUT2D eigenvalue weighted by Gasteiger charge is 2.00. The monoisotopic (exact) mass is 275 g/mol. The molecule has 2 nitrogen and oxygen atoms in total. The number of anilines is 1. The van der Waals surface area contributed by atoms with E-state index in [-0.39, 0.29) is 10.9 Å². The summed E-state index contributed by atoms with van der Waals surface area (Å²) in [7, 11) is 0. The lowest BCUT2D eigenvalue weighted by molar-refractivity contribution is -0.111. The number of hydrogen-bond donors (Lipinski definition) is 1. The third-order valence-electron chi connectivity index (χ3n) is 2.41. The maximum absolute atomic E-state index is 12.9. The second-order valence-electron chi connectivity index (χ2n) is 3.86. The van der Waals surface area contributed by atoms with Gasteiger partial charge in [0.15, 0.2) is 0 Å². The van der Waals surface area contributed by atoms with Crippen LogP contribution in [0, 0.1) is 5.82 Å². The molecule has 19 heavy (non-hydrogen) atoms. The molecule has 0 aliphatic rings. The van der Waals surface area contributed by atoms with Crippen LogP contribution in [-0.2, 0) is 4.79 Å². The highest BCUT2D eigenvalue weighted by molar-refractivity contribution is 6.30. The molecular formula is C15H11ClFNO. The molecule has 0 radical (unpaired) electrons. The Bertz CT molecular complexity index is 611. The standard InChI is InChI=1S/C15H11ClFNO/c16-13-10-11(6-8-14(13)17)7-9-15(19)18-12-4-2-1-3-5-12/h1-10H,(H,18,19)/b9-7-. The van der Waals surface area contributed by atoms with Gasteiger partial charge in [-0.25, -0.2) is 4.39 Å². The van der Waals surface area contributed by atoms with Crippen LogP contribution in [0.5, 0.6) is 0 Å². The van der Waals surface area contributed by atoms with E-state index in [0.717, 1.165) is 0 Å². The summed E-state index contributed by atoms with van der Waals surface area (Å²) in [4.78, 5) is 11.6. The summed E-state index contributed by atoms with van der Waals surface area (Å²) in [6, 6.07) is 13.4. The molecule has 4 heteroatoms.